The number of nitrogens with one attached hydrogen (secondary N) is 1. The number of amides is 1. The van der Waals surface area contributed by atoms with E-state index in [4.69, 9.17) is 39.5 Å². The van der Waals surface area contributed by atoms with Gasteiger partial charge in [0.05, 0.1) is 19.3 Å². The third kappa shape index (κ3) is 6.60. The van der Waals surface area contributed by atoms with Crippen molar-refractivity contribution in [2.24, 2.45) is 0 Å². The summed E-state index contributed by atoms with van der Waals surface area (Å²) in [6.07, 6.45) is -0.704. The van der Waals surface area contributed by atoms with Crippen molar-refractivity contribution in [3.8, 4) is 0 Å². The standard InChI is InChI=1S/C13H15Cl3N2O4/c1-18(8-17-12(20)22-7-13(14,15)16)10-5-3-9(4-6-10)11(19)21-2/h3-6H,7-8H2,1-2H3,(H,17,20). The van der Waals surface area contributed by atoms with Crippen LogP contribution in [0.1, 0.15) is 10.4 Å². The Hall–Kier alpha value is -1.37. The van der Waals surface area contributed by atoms with Gasteiger partial charge in [-0.05, 0) is 24.3 Å². The molecule has 0 unspecified atom stereocenters. The first-order valence-electron chi connectivity index (χ1n) is 6.10. The smallest absolute Gasteiger partial charge is 0.408 e. The number of ether oxygens (including phenoxy) is 2. The molecule has 0 saturated heterocycles. The van der Waals surface area contributed by atoms with Crippen LogP contribution >= 0.6 is 34.8 Å². The van der Waals surface area contributed by atoms with E-state index in [0.29, 0.717) is 5.56 Å². The molecule has 6 nitrogen and oxygen atoms in total. The number of carbonyl (C=O) groups excluding carboxylic acids is 2. The summed E-state index contributed by atoms with van der Waals surface area (Å²) in [6.45, 7) is -0.169. The van der Waals surface area contributed by atoms with Crippen LogP contribution in [0.15, 0.2) is 24.3 Å². The van der Waals surface area contributed by atoms with Gasteiger partial charge in [-0.2, -0.15) is 0 Å². The number of alkyl halides is 3. The molecule has 0 saturated carbocycles. The predicted molar refractivity (Wildman–Crippen MR) is 85.8 cm³/mol. The molecule has 0 aliphatic carbocycles. The number of esters is 1. The number of halogens is 3. The minimum Gasteiger partial charge on any atom is -0.465 e. The van der Waals surface area contributed by atoms with Gasteiger partial charge in [-0.15, -0.1) is 0 Å². The molecule has 9 heteroatoms. The highest BCUT2D eigenvalue weighted by atomic mass is 35.6. The Morgan fingerprint density at radius 3 is 2.32 bits per heavy atom. The molecule has 0 aromatic heterocycles. The molecule has 0 fully saturated rings. The van der Waals surface area contributed by atoms with Crippen LogP contribution in [-0.2, 0) is 9.47 Å². The van der Waals surface area contributed by atoms with Gasteiger partial charge in [-0.1, -0.05) is 34.8 Å². The van der Waals surface area contributed by atoms with Crippen molar-refractivity contribution in [2.75, 3.05) is 32.3 Å². The summed E-state index contributed by atoms with van der Waals surface area (Å²) in [4.78, 5) is 24.5. The van der Waals surface area contributed by atoms with E-state index in [2.05, 4.69) is 10.1 Å². The van der Waals surface area contributed by atoms with E-state index < -0.39 is 15.9 Å². The average molecular weight is 370 g/mol. The van der Waals surface area contributed by atoms with Crippen molar-refractivity contribution in [2.45, 2.75) is 3.79 Å². The van der Waals surface area contributed by atoms with Crippen molar-refractivity contribution in [1.29, 1.82) is 0 Å². The molecule has 1 aromatic carbocycles. The number of nitrogens with zero attached hydrogens (tertiary/aromatic N) is 1. The van der Waals surface area contributed by atoms with Gasteiger partial charge in [0.1, 0.15) is 6.61 Å². The van der Waals surface area contributed by atoms with Crippen LogP contribution in [0.5, 0.6) is 0 Å². The maximum atomic E-state index is 11.4. The van der Waals surface area contributed by atoms with Gasteiger partial charge >= 0.3 is 12.1 Å². The van der Waals surface area contributed by atoms with Crippen LogP contribution in [0, 0.1) is 0 Å². The molecule has 1 rings (SSSR count). The number of hydrogen-bond donors (Lipinski definition) is 1. The fourth-order valence-electron chi connectivity index (χ4n) is 1.44. The molecule has 0 spiro atoms. The fourth-order valence-corrected chi connectivity index (χ4v) is 1.61. The van der Waals surface area contributed by atoms with E-state index in [1.807, 2.05) is 0 Å². The Kier molecular flexibility index (Phi) is 7.06. The van der Waals surface area contributed by atoms with Crippen LogP contribution < -0.4 is 10.2 Å². The molecule has 0 bridgehead atoms. The lowest BCUT2D eigenvalue weighted by molar-refractivity contribution is 0.0600. The van der Waals surface area contributed by atoms with Gasteiger partial charge in [-0.25, -0.2) is 9.59 Å². The number of benzene rings is 1. The molecule has 0 radical (unpaired) electrons. The summed E-state index contributed by atoms with van der Waals surface area (Å²) < 4.78 is 7.69. The molecular weight excluding hydrogens is 355 g/mol. The average Bonchev–Trinajstić information content (AvgIpc) is 2.49. The van der Waals surface area contributed by atoms with Crippen molar-refractivity contribution < 1.29 is 19.1 Å². The minimum absolute atomic E-state index is 0.177. The number of alkyl carbamates (subject to hydrolysis) is 1. The number of anilines is 1. The van der Waals surface area contributed by atoms with Crippen molar-refractivity contribution in [3.63, 3.8) is 0 Å². The van der Waals surface area contributed by atoms with Crippen molar-refractivity contribution in [1.82, 2.24) is 5.32 Å². The van der Waals surface area contributed by atoms with E-state index in [1.54, 1.807) is 36.2 Å². The van der Waals surface area contributed by atoms with Crippen LogP contribution in [0.3, 0.4) is 0 Å². The van der Waals surface area contributed by atoms with Crippen molar-refractivity contribution >= 4 is 52.6 Å². The summed E-state index contributed by atoms with van der Waals surface area (Å²) in [7, 11) is 3.07. The summed E-state index contributed by atoms with van der Waals surface area (Å²) >= 11 is 16.4. The second-order valence-corrected chi connectivity index (χ2v) is 6.78. The summed E-state index contributed by atoms with van der Waals surface area (Å²) in [5, 5.41) is 2.50. The Labute approximate surface area is 143 Å². The monoisotopic (exact) mass is 368 g/mol. The van der Waals surface area contributed by atoms with Gasteiger partial charge < -0.3 is 19.7 Å². The lowest BCUT2D eigenvalue weighted by Gasteiger charge is -2.20. The van der Waals surface area contributed by atoms with Crippen LogP contribution in [-0.4, -0.2) is 43.3 Å². The molecule has 1 aromatic rings. The summed E-state index contributed by atoms with van der Waals surface area (Å²) in [5.41, 5.74) is 1.23. The van der Waals surface area contributed by atoms with Crippen LogP contribution in [0.25, 0.3) is 0 Å². The zero-order valence-electron chi connectivity index (χ0n) is 11.9. The lowest BCUT2D eigenvalue weighted by Crippen LogP contribution is -2.36. The van der Waals surface area contributed by atoms with Gasteiger partial charge in [0, 0.05) is 12.7 Å². The Morgan fingerprint density at radius 1 is 1.23 bits per heavy atom. The van der Waals surface area contributed by atoms with Gasteiger partial charge in [-0.3, -0.25) is 0 Å². The SMILES string of the molecule is COC(=O)c1ccc(N(C)CNC(=O)OCC(Cl)(Cl)Cl)cc1. The van der Waals surface area contributed by atoms with Gasteiger partial charge in [0.2, 0.25) is 3.79 Å². The van der Waals surface area contributed by atoms with E-state index in [0.717, 1.165) is 5.69 Å². The predicted octanol–water partition coefficient (Wildman–Crippen LogP) is 2.96. The van der Waals surface area contributed by atoms with Gasteiger partial charge in [0.15, 0.2) is 0 Å². The molecule has 0 atom stereocenters. The highest BCUT2D eigenvalue weighted by molar-refractivity contribution is 6.67. The second-order valence-electron chi connectivity index (χ2n) is 4.26. The van der Waals surface area contributed by atoms with Crippen LogP contribution in [0.4, 0.5) is 10.5 Å². The first-order valence-corrected chi connectivity index (χ1v) is 7.23. The molecule has 0 aliphatic rings. The largest absolute Gasteiger partial charge is 0.465 e. The third-order valence-corrected chi connectivity index (χ3v) is 2.88. The number of methoxy groups -OCH3 is 1. The van der Waals surface area contributed by atoms with E-state index in [1.165, 1.54) is 7.11 Å². The highest BCUT2D eigenvalue weighted by Gasteiger charge is 2.22. The Balaban J connectivity index is 2.46. The van der Waals surface area contributed by atoms with E-state index >= 15 is 0 Å². The second kappa shape index (κ2) is 8.31. The third-order valence-electron chi connectivity index (χ3n) is 2.56. The normalized spacial score (nSPS) is 10.8. The molecular formula is C13H15Cl3N2O4. The van der Waals surface area contributed by atoms with E-state index in [9.17, 15) is 9.59 Å². The fraction of sp³-hybridized carbons (Fsp3) is 0.385. The minimum atomic E-state index is -1.65. The molecule has 0 aliphatic heterocycles. The van der Waals surface area contributed by atoms with Crippen molar-refractivity contribution in [3.05, 3.63) is 29.8 Å². The first-order chi connectivity index (χ1) is 10.2. The maximum Gasteiger partial charge on any atom is 0.408 e. The maximum absolute atomic E-state index is 11.4. The zero-order chi connectivity index (χ0) is 16.8. The Bertz CT molecular complexity index is 517. The number of rotatable bonds is 5. The molecule has 122 valence electrons. The number of hydrogen-bond acceptors (Lipinski definition) is 5. The Morgan fingerprint density at radius 2 is 1.82 bits per heavy atom. The topological polar surface area (TPSA) is 67.9 Å². The zero-order valence-corrected chi connectivity index (χ0v) is 14.2. The summed E-state index contributed by atoms with van der Waals surface area (Å²) in [5.74, 6) is -0.414. The lowest BCUT2D eigenvalue weighted by atomic mass is 10.2. The quantitative estimate of drug-likeness (QED) is 0.491. The first kappa shape index (κ1) is 18.7. The molecule has 1 amide bonds. The molecule has 22 heavy (non-hydrogen) atoms. The van der Waals surface area contributed by atoms with Gasteiger partial charge in [0.25, 0.3) is 0 Å². The summed E-state index contributed by atoms with van der Waals surface area (Å²) in [6, 6.07) is 6.69. The highest BCUT2D eigenvalue weighted by Crippen LogP contribution is 2.25. The molecule has 0 heterocycles. The number of carbonyl (C=O) groups is 2. The van der Waals surface area contributed by atoms with E-state index in [-0.39, 0.29) is 13.3 Å². The molecule has 1 N–H and O–H groups in total. The van der Waals surface area contributed by atoms with Crippen LogP contribution in [0.2, 0.25) is 0 Å².